The number of amides is 1. The van der Waals surface area contributed by atoms with Gasteiger partial charge in [-0.15, -0.1) is 6.58 Å². The van der Waals surface area contributed by atoms with Gasteiger partial charge < -0.3 is 14.6 Å². The maximum absolute atomic E-state index is 13.0. The van der Waals surface area contributed by atoms with Crippen molar-refractivity contribution in [1.82, 2.24) is 20.7 Å². The fourth-order valence-electron chi connectivity index (χ4n) is 3.22. The molecule has 7 heteroatoms. The van der Waals surface area contributed by atoms with E-state index < -0.39 is 0 Å². The second-order valence-electron chi connectivity index (χ2n) is 6.59. The lowest BCUT2D eigenvalue weighted by Gasteiger charge is -2.11. The third-order valence-electron chi connectivity index (χ3n) is 4.63. The van der Waals surface area contributed by atoms with Gasteiger partial charge in [0.15, 0.2) is 5.11 Å². The summed E-state index contributed by atoms with van der Waals surface area (Å²) < 4.78 is 7.44. The van der Waals surface area contributed by atoms with Gasteiger partial charge in [0.05, 0.1) is 18.2 Å². The fourth-order valence-corrected chi connectivity index (χ4v) is 3.36. The van der Waals surface area contributed by atoms with Gasteiger partial charge >= 0.3 is 0 Å². The van der Waals surface area contributed by atoms with Gasteiger partial charge in [-0.25, -0.2) is 0 Å². The summed E-state index contributed by atoms with van der Waals surface area (Å²) in [5, 5.41) is 4.02. The van der Waals surface area contributed by atoms with Crippen LogP contribution in [0.3, 0.4) is 0 Å². The third kappa shape index (κ3) is 4.25. The third-order valence-corrected chi connectivity index (χ3v) is 4.87. The average molecular weight is 409 g/mol. The molecular formula is C22H24N4O2S. The van der Waals surface area contributed by atoms with E-state index in [2.05, 4.69) is 39.4 Å². The first-order valence-electron chi connectivity index (χ1n) is 9.17. The first-order valence-corrected chi connectivity index (χ1v) is 9.58. The zero-order chi connectivity index (χ0) is 21.0. The van der Waals surface area contributed by atoms with E-state index in [1.165, 1.54) is 5.56 Å². The lowest BCUT2D eigenvalue weighted by molar-refractivity contribution is 0.0944. The zero-order valence-corrected chi connectivity index (χ0v) is 17.5. The highest BCUT2D eigenvalue weighted by Crippen LogP contribution is 2.32. The smallest absolute Gasteiger partial charge is 0.272 e. The topological polar surface area (TPSA) is 67.3 Å². The highest BCUT2D eigenvalue weighted by atomic mass is 32.1. The highest BCUT2D eigenvalue weighted by Gasteiger charge is 2.21. The van der Waals surface area contributed by atoms with Crippen LogP contribution in [0.1, 0.15) is 21.6 Å². The summed E-state index contributed by atoms with van der Waals surface area (Å²) in [6, 6.07) is 13.9. The molecule has 0 aliphatic carbocycles. The van der Waals surface area contributed by atoms with Gasteiger partial charge in [0.25, 0.3) is 5.91 Å². The maximum atomic E-state index is 13.0. The molecule has 3 aromatic rings. The number of ether oxygens (including phenoxy) is 1. The number of aryl methyl sites for hydroxylation is 1. The van der Waals surface area contributed by atoms with Crippen molar-refractivity contribution < 1.29 is 9.53 Å². The van der Waals surface area contributed by atoms with E-state index in [0.29, 0.717) is 23.0 Å². The van der Waals surface area contributed by atoms with Crippen LogP contribution in [0.2, 0.25) is 0 Å². The van der Waals surface area contributed by atoms with Gasteiger partial charge in [0, 0.05) is 23.3 Å². The molecule has 6 nitrogen and oxygen atoms in total. The van der Waals surface area contributed by atoms with E-state index >= 15 is 0 Å². The number of fused-ring (bicyclic) bond motifs is 1. The Kier molecular flexibility index (Phi) is 6.19. The Bertz CT molecular complexity index is 1070. The minimum atomic E-state index is -0.283. The van der Waals surface area contributed by atoms with Crippen LogP contribution >= 0.6 is 12.2 Å². The van der Waals surface area contributed by atoms with Gasteiger partial charge in [-0.2, -0.15) is 0 Å². The first-order chi connectivity index (χ1) is 14.0. The average Bonchev–Trinajstić information content (AvgIpc) is 3.02. The number of carbonyl (C=O) groups is 1. The van der Waals surface area contributed by atoms with Crippen LogP contribution < -0.4 is 20.9 Å². The molecule has 150 valence electrons. The van der Waals surface area contributed by atoms with Gasteiger partial charge in [-0.1, -0.05) is 23.8 Å². The van der Waals surface area contributed by atoms with Crippen LogP contribution in [0, 0.1) is 13.8 Å². The zero-order valence-electron chi connectivity index (χ0n) is 16.7. The molecule has 0 aliphatic rings. The minimum absolute atomic E-state index is 0.283. The Morgan fingerprint density at radius 3 is 2.55 bits per heavy atom. The van der Waals surface area contributed by atoms with Crippen molar-refractivity contribution in [1.29, 1.82) is 0 Å². The molecule has 0 atom stereocenters. The van der Waals surface area contributed by atoms with Gasteiger partial charge in [0.2, 0.25) is 0 Å². The molecule has 1 amide bonds. The lowest BCUT2D eigenvalue weighted by atomic mass is 10.1. The van der Waals surface area contributed by atoms with Crippen molar-refractivity contribution in [3.63, 3.8) is 0 Å². The van der Waals surface area contributed by atoms with E-state index in [1.807, 2.05) is 44.2 Å². The number of nitrogens with one attached hydrogen (secondary N) is 3. The van der Waals surface area contributed by atoms with Crippen LogP contribution in [-0.2, 0) is 0 Å². The van der Waals surface area contributed by atoms with Crippen LogP contribution in [-0.4, -0.2) is 29.2 Å². The van der Waals surface area contributed by atoms with E-state index in [1.54, 1.807) is 13.2 Å². The normalized spacial score (nSPS) is 10.4. The molecule has 0 saturated carbocycles. The van der Waals surface area contributed by atoms with E-state index in [-0.39, 0.29) is 5.91 Å². The monoisotopic (exact) mass is 408 g/mol. The van der Waals surface area contributed by atoms with Gasteiger partial charge in [-0.3, -0.25) is 15.6 Å². The predicted octanol–water partition coefficient (Wildman–Crippen LogP) is 3.55. The van der Waals surface area contributed by atoms with E-state index in [9.17, 15) is 4.79 Å². The number of hydrogen-bond acceptors (Lipinski definition) is 3. The molecule has 3 rings (SSSR count). The molecular weight excluding hydrogens is 384 g/mol. The number of thiocarbonyl (C=S) groups is 1. The van der Waals surface area contributed by atoms with Crippen molar-refractivity contribution in [2.45, 2.75) is 13.8 Å². The largest absolute Gasteiger partial charge is 0.497 e. The SMILES string of the molecule is C=CCNC(=S)NNC(=O)c1c(C)n(-c2ccc(C)cc2)c2ccc(OC)cc12. The van der Waals surface area contributed by atoms with Crippen molar-refractivity contribution in [2.24, 2.45) is 0 Å². The number of benzene rings is 2. The second-order valence-corrected chi connectivity index (χ2v) is 7.00. The number of aromatic nitrogens is 1. The molecule has 0 bridgehead atoms. The molecule has 1 aromatic heterocycles. The number of methoxy groups -OCH3 is 1. The fraction of sp³-hybridized carbons (Fsp3) is 0.182. The highest BCUT2D eigenvalue weighted by molar-refractivity contribution is 7.80. The first kappa shape index (κ1) is 20.4. The summed E-state index contributed by atoms with van der Waals surface area (Å²) in [6.07, 6.45) is 1.68. The Labute approximate surface area is 175 Å². The van der Waals surface area contributed by atoms with Gasteiger partial charge in [0.1, 0.15) is 5.75 Å². The number of nitrogens with zero attached hydrogens (tertiary/aromatic N) is 1. The summed E-state index contributed by atoms with van der Waals surface area (Å²) >= 11 is 5.14. The van der Waals surface area contributed by atoms with Crippen LogP contribution in [0.5, 0.6) is 5.75 Å². The van der Waals surface area contributed by atoms with Crippen molar-refractivity contribution in [2.75, 3.05) is 13.7 Å². The molecule has 0 radical (unpaired) electrons. The Hall–Kier alpha value is -3.32. The summed E-state index contributed by atoms with van der Waals surface area (Å²) in [5.74, 6) is 0.401. The Balaban J connectivity index is 2.04. The number of hydrazine groups is 1. The summed E-state index contributed by atoms with van der Waals surface area (Å²) in [4.78, 5) is 13.0. The summed E-state index contributed by atoms with van der Waals surface area (Å²) in [6.45, 7) is 8.10. The van der Waals surface area contributed by atoms with Crippen molar-refractivity contribution >= 4 is 34.1 Å². The summed E-state index contributed by atoms with van der Waals surface area (Å²) in [7, 11) is 1.61. The minimum Gasteiger partial charge on any atom is -0.497 e. The van der Waals surface area contributed by atoms with Crippen LogP contribution in [0.4, 0.5) is 0 Å². The Morgan fingerprint density at radius 2 is 1.90 bits per heavy atom. The standard InChI is InChI=1S/C22H24N4O2S/c1-5-12-23-22(29)25-24-21(27)20-15(3)26(16-8-6-14(2)7-9-16)19-11-10-17(28-4)13-18(19)20/h5-11,13H,1,12H2,2-4H3,(H,24,27)(H2,23,25,29). The number of rotatable bonds is 5. The quantitative estimate of drug-likeness (QED) is 0.342. The second kappa shape index (κ2) is 8.79. The lowest BCUT2D eigenvalue weighted by Crippen LogP contribution is -2.46. The number of carbonyl (C=O) groups excluding carboxylic acids is 1. The van der Waals surface area contributed by atoms with E-state index in [0.717, 1.165) is 22.3 Å². The molecule has 0 saturated heterocycles. The molecule has 0 fully saturated rings. The molecule has 1 heterocycles. The Morgan fingerprint density at radius 1 is 1.17 bits per heavy atom. The van der Waals surface area contributed by atoms with Crippen LogP contribution in [0.25, 0.3) is 16.6 Å². The predicted molar refractivity (Wildman–Crippen MR) is 121 cm³/mol. The van der Waals surface area contributed by atoms with Crippen LogP contribution in [0.15, 0.2) is 55.1 Å². The van der Waals surface area contributed by atoms with Crippen molar-refractivity contribution in [3.8, 4) is 11.4 Å². The number of hydrogen-bond donors (Lipinski definition) is 3. The molecule has 0 spiro atoms. The molecule has 0 unspecified atom stereocenters. The molecule has 0 aliphatic heterocycles. The van der Waals surface area contributed by atoms with Crippen molar-refractivity contribution in [3.05, 3.63) is 71.9 Å². The van der Waals surface area contributed by atoms with Gasteiger partial charge in [-0.05, 0) is 56.4 Å². The van der Waals surface area contributed by atoms with E-state index in [4.69, 9.17) is 17.0 Å². The summed E-state index contributed by atoms with van der Waals surface area (Å²) in [5.41, 5.74) is 9.85. The maximum Gasteiger partial charge on any atom is 0.272 e. The molecule has 29 heavy (non-hydrogen) atoms. The molecule has 3 N–H and O–H groups in total. The molecule has 2 aromatic carbocycles.